The number of likely N-dealkylation sites (N-methyl/N-ethyl adjacent to an activating group) is 1. The monoisotopic (exact) mass is 219 g/mol. The van der Waals surface area contributed by atoms with Gasteiger partial charge in [-0.15, -0.1) is 0 Å². The predicted molar refractivity (Wildman–Crippen MR) is 64.6 cm³/mol. The molecule has 4 heteroatoms. The number of hydrogen-bond acceptors (Lipinski definition) is 4. The van der Waals surface area contributed by atoms with Gasteiger partial charge in [-0.05, 0) is 13.0 Å². The van der Waals surface area contributed by atoms with Crippen LogP contribution in [0.4, 0.5) is 0 Å². The molecule has 2 N–H and O–H groups in total. The maximum absolute atomic E-state index is 5.77. The molecule has 0 amide bonds. The quantitative estimate of drug-likeness (QED) is 0.835. The highest BCUT2D eigenvalue weighted by atomic mass is 16.5. The lowest BCUT2D eigenvalue weighted by Gasteiger charge is -2.23. The van der Waals surface area contributed by atoms with E-state index in [4.69, 9.17) is 10.5 Å². The van der Waals surface area contributed by atoms with Crippen LogP contribution in [0.25, 0.3) is 0 Å². The van der Waals surface area contributed by atoms with Gasteiger partial charge in [0.25, 0.3) is 0 Å². The topological polar surface area (TPSA) is 50.9 Å². The second-order valence-electron chi connectivity index (χ2n) is 3.80. The summed E-state index contributed by atoms with van der Waals surface area (Å²) in [6.07, 6.45) is 0. The van der Waals surface area contributed by atoms with E-state index in [2.05, 4.69) is 11.1 Å². The molecule has 0 bridgehead atoms. The fourth-order valence-corrected chi connectivity index (χ4v) is 1.92. The van der Waals surface area contributed by atoms with Crippen molar-refractivity contribution in [3.8, 4) is 5.75 Å². The first-order valence-corrected chi connectivity index (χ1v) is 5.48. The number of nitrogens with two attached hydrogens (primary N) is 1. The Morgan fingerprint density at radius 1 is 1.50 bits per heavy atom. The highest BCUT2D eigenvalue weighted by Crippen LogP contribution is 2.31. The summed E-state index contributed by atoms with van der Waals surface area (Å²) in [6.45, 7) is 3.36. The average molecular weight is 219 g/mol. The third-order valence-electron chi connectivity index (χ3n) is 2.83. The number of para-hydroxylation sites is 1. The summed E-state index contributed by atoms with van der Waals surface area (Å²) in [5.74, 6) is 1.52. The molecule has 2 rings (SSSR count). The summed E-state index contributed by atoms with van der Waals surface area (Å²) >= 11 is 0. The van der Waals surface area contributed by atoms with E-state index >= 15 is 0 Å². The van der Waals surface area contributed by atoms with E-state index in [1.54, 1.807) is 0 Å². The Morgan fingerprint density at radius 2 is 2.25 bits per heavy atom. The van der Waals surface area contributed by atoms with Crippen molar-refractivity contribution in [2.24, 2.45) is 10.7 Å². The van der Waals surface area contributed by atoms with Crippen LogP contribution in [0.3, 0.4) is 0 Å². The van der Waals surface area contributed by atoms with E-state index in [0.717, 1.165) is 11.3 Å². The van der Waals surface area contributed by atoms with E-state index in [1.807, 2.05) is 37.1 Å². The van der Waals surface area contributed by atoms with E-state index in [9.17, 15) is 0 Å². The van der Waals surface area contributed by atoms with Gasteiger partial charge >= 0.3 is 0 Å². The maximum Gasteiger partial charge on any atom is 0.191 e. The molecule has 1 aromatic carbocycles. The molecular formula is C12H17N3O. The third kappa shape index (κ3) is 1.83. The number of benzene rings is 1. The molecule has 0 radical (unpaired) electrons. The van der Waals surface area contributed by atoms with Gasteiger partial charge in [0.1, 0.15) is 5.75 Å². The van der Waals surface area contributed by atoms with Crippen molar-refractivity contribution in [1.82, 2.24) is 4.90 Å². The van der Waals surface area contributed by atoms with Crippen LogP contribution in [0.2, 0.25) is 0 Å². The van der Waals surface area contributed by atoms with Crippen LogP contribution >= 0.6 is 0 Å². The molecule has 1 aromatic rings. The van der Waals surface area contributed by atoms with E-state index in [-0.39, 0.29) is 6.04 Å². The van der Waals surface area contributed by atoms with Gasteiger partial charge < -0.3 is 15.4 Å². The number of guanidine groups is 1. The molecule has 16 heavy (non-hydrogen) atoms. The van der Waals surface area contributed by atoms with Crippen molar-refractivity contribution in [1.29, 1.82) is 0 Å². The summed E-state index contributed by atoms with van der Waals surface area (Å²) in [7, 11) is 1.96. The van der Waals surface area contributed by atoms with Crippen LogP contribution in [0.1, 0.15) is 18.5 Å². The first-order chi connectivity index (χ1) is 7.74. The normalized spacial score (nSPS) is 19.8. The molecule has 0 aliphatic carbocycles. The van der Waals surface area contributed by atoms with Crippen LogP contribution < -0.4 is 10.5 Å². The van der Waals surface area contributed by atoms with E-state index < -0.39 is 0 Å². The minimum absolute atomic E-state index is 0.197. The maximum atomic E-state index is 5.77. The Balaban J connectivity index is 2.27. The van der Waals surface area contributed by atoms with Crippen LogP contribution in [-0.2, 0) is 0 Å². The highest BCUT2D eigenvalue weighted by Gasteiger charge is 2.26. The molecule has 1 unspecified atom stereocenters. The second-order valence-corrected chi connectivity index (χ2v) is 3.80. The molecule has 1 aliphatic rings. The lowest BCUT2D eigenvalue weighted by molar-refractivity contribution is 0.322. The Labute approximate surface area is 95.7 Å². The number of rotatable bonds is 3. The summed E-state index contributed by atoms with van der Waals surface area (Å²) in [4.78, 5) is 6.22. The Bertz CT molecular complexity index is 403. The molecule has 0 spiro atoms. The minimum atomic E-state index is 0.197. The predicted octanol–water partition coefficient (Wildman–Crippen LogP) is 1.39. The minimum Gasteiger partial charge on any atom is -0.494 e. The van der Waals surface area contributed by atoms with Crippen molar-refractivity contribution in [2.75, 3.05) is 20.2 Å². The molecule has 1 aliphatic heterocycles. The van der Waals surface area contributed by atoms with Crippen molar-refractivity contribution >= 4 is 5.96 Å². The molecule has 0 saturated heterocycles. The standard InChI is InChI=1S/C12H17N3O/c1-3-16-11-7-5-4-6-9(11)10-8-14-12(13)15(10)2/h4-7,10H,3,8H2,1-2H3,(H2,13,14). The van der Waals surface area contributed by atoms with Crippen molar-refractivity contribution in [2.45, 2.75) is 13.0 Å². The SMILES string of the molecule is CCOc1ccccc1C1CN=C(N)N1C. The van der Waals surface area contributed by atoms with Crippen molar-refractivity contribution in [3.05, 3.63) is 29.8 Å². The number of aliphatic imine (C=N–C) groups is 1. The second kappa shape index (κ2) is 4.43. The van der Waals surface area contributed by atoms with Gasteiger partial charge in [-0.3, -0.25) is 4.99 Å². The molecule has 4 nitrogen and oxygen atoms in total. The van der Waals surface area contributed by atoms with Gasteiger partial charge in [0.15, 0.2) is 5.96 Å². The van der Waals surface area contributed by atoms with E-state index in [0.29, 0.717) is 19.1 Å². The number of nitrogens with zero attached hydrogens (tertiary/aromatic N) is 2. The molecule has 86 valence electrons. The van der Waals surface area contributed by atoms with Crippen molar-refractivity contribution < 1.29 is 4.74 Å². The van der Waals surface area contributed by atoms with Crippen LogP contribution in [0.15, 0.2) is 29.3 Å². The smallest absolute Gasteiger partial charge is 0.191 e. The Hall–Kier alpha value is -1.71. The van der Waals surface area contributed by atoms with Gasteiger partial charge in [-0.25, -0.2) is 0 Å². The first-order valence-electron chi connectivity index (χ1n) is 5.48. The molecule has 1 atom stereocenters. The van der Waals surface area contributed by atoms with Gasteiger partial charge in [-0.1, -0.05) is 18.2 Å². The number of ether oxygens (including phenoxy) is 1. The zero-order valence-electron chi connectivity index (χ0n) is 9.68. The molecule has 0 saturated carbocycles. The van der Waals surface area contributed by atoms with Crippen LogP contribution in [-0.4, -0.2) is 31.1 Å². The van der Waals surface area contributed by atoms with Crippen molar-refractivity contribution in [3.63, 3.8) is 0 Å². The lowest BCUT2D eigenvalue weighted by Crippen LogP contribution is -2.32. The average Bonchev–Trinajstić information content (AvgIpc) is 2.61. The van der Waals surface area contributed by atoms with Gasteiger partial charge in [0.05, 0.1) is 19.2 Å². The highest BCUT2D eigenvalue weighted by molar-refractivity contribution is 5.80. The molecule has 0 fully saturated rings. The summed E-state index contributed by atoms with van der Waals surface area (Å²) in [5.41, 5.74) is 6.91. The first kappa shape index (κ1) is 10.8. The fourth-order valence-electron chi connectivity index (χ4n) is 1.92. The Kier molecular flexibility index (Phi) is 2.99. The fraction of sp³-hybridized carbons (Fsp3) is 0.417. The number of hydrogen-bond donors (Lipinski definition) is 1. The zero-order chi connectivity index (χ0) is 11.5. The Morgan fingerprint density at radius 3 is 2.88 bits per heavy atom. The molecule has 1 heterocycles. The largest absolute Gasteiger partial charge is 0.494 e. The molecule has 0 aromatic heterocycles. The summed E-state index contributed by atoms with van der Waals surface area (Å²) in [5, 5.41) is 0. The zero-order valence-corrected chi connectivity index (χ0v) is 9.68. The van der Waals surface area contributed by atoms with Gasteiger partial charge in [0.2, 0.25) is 0 Å². The van der Waals surface area contributed by atoms with Crippen LogP contribution in [0, 0.1) is 0 Å². The van der Waals surface area contributed by atoms with Crippen LogP contribution in [0.5, 0.6) is 5.75 Å². The summed E-state index contributed by atoms with van der Waals surface area (Å²) < 4.78 is 5.61. The van der Waals surface area contributed by atoms with E-state index in [1.165, 1.54) is 0 Å². The molecular weight excluding hydrogens is 202 g/mol. The van der Waals surface area contributed by atoms with Gasteiger partial charge in [0, 0.05) is 12.6 Å². The third-order valence-corrected chi connectivity index (χ3v) is 2.83. The summed E-state index contributed by atoms with van der Waals surface area (Å²) in [6, 6.07) is 8.25. The van der Waals surface area contributed by atoms with Gasteiger partial charge in [-0.2, -0.15) is 0 Å². The lowest BCUT2D eigenvalue weighted by atomic mass is 10.1.